The van der Waals surface area contributed by atoms with E-state index in [2.05, 4.69) is 11.7 Å². The summed E-state index contributed by atoms with van der Waals surface area (Å²) >= 11 is 0. The summed E-state index contributed by atoms with van der Waals surface area (Å²) in [6, 6.07) is 6.03. The van der Waals surface area contributed by atoms with Gasteiger partial charge in [0.1, 0.15) is 0 Å². The number of alkyl halides is 3. The molecule has 94 valence electrons. The molecular weight excluding hydrogens is 251 g/mol. The second-order valence-corrected chi connectivity index (χ2v) is 6.77. The first-order valence-corrected chi connectivity index (χ1v) is 6.91. The molecule has 1 rings (SSSR count). The Morgan fingerprint density at radius 3 is 2.06 bits per heavy atom. The monoisotopic (exact) mass is 263 g/mol. The Morgan fingerprint density at radius 2 is 1.71 bits per heavy atom. The fraction of sp³-hybridized carbons (Fsp3) is 0.182. The van der Waals surface area contributed by atoms with Gasteiger partial charge in [-0.2, -0.15) is 22.4 Å². The van der Waals surface area contributed by atoms with Crippen molar-refractivity contribution < 1.29 is 18.0 Å². The van der Waals surface area contributed by atoms with Crippen molar-refractivity contribution in [1.82, 2.24) is 0 Å². The molecule has 0 aromatic heterocycles. The maximum absolute atomic E-state index is 12.0. The maximum atomic E-state index is 12.0. The Bertz CT molecular complexity index is 515. The van der Waals surface area contributed by atoms with Crippen LogP contribution in [0.5, 0.6) is 0 Å². The van der Waals surface area contributed by atoms with Gasteiger partial charge in [0.25, 0.3) is 0 Å². The summed E-state index contributed by atoms with van der Waals surface area (Å²) < 4.78 is 35.9. The Balaban J connectivity index is 2.87. The minimum Gasteiger partial charge on any atom is -0.318 e. The SMILES string of the molecule is C=S(=C)(C)c1ccc(NC(=O)C(F)(F)F)cc1. The molecule has 0 spiro atoms. The molecule has 1 N–H and O–H groups in total. The third-order valence-electron chi connectivity index (χ3n) is 1.94. The number of benzene rings is 1. The van der Waals surface area contributed by atoms with Crippen LogP contribution in [-0.2, 0) is 4.79 Å². The van der Waals surface area contributed by atoms with E-state index in [4.69, 9.17) is 0 Å². The van der Waals surface area contributed by atoms with Crippen LogP contribution in [0.3, 0.4) is 0 Å². The van der Waals surface area contributed by atoms with E-state index in [0.717, 1.165) is 4.90 Å². The first kappa shape index (κ1) is 13.6. The summed E-state index contributed by atoms with van der Waals surface area (Å²) in [5.74, 6) is 5.77. The summed E-state index contributed by atoms with van der Waals surface area (Å²) in [4.78, 5) is 11.5. The lowest BCUT2D eigenvalue weighted by Crippen LogP contribution is -2.29. The second-order valence-electron chi connectivity index (χ2n) is 3.75. The summed E-state index contributed by atoms with van der Waals surface area (Å²) in [7, 11) is -1.41. The smallest absolute Gasteiger partial charge is 0.318 e. The number of amides is 1. The molecule has 0 aliphatic rings. The first-order chi connectivity index (χ1) is 7.60. The molecule has 1 aromatic carbocycles. The number of hydrogen-bond donors (Lipinski definition) is 1. The van der Waals surface area contributed by atoms with Gasteiger partial charge in [-0.25, -0.2) is 0 Å². The molecule has 1 amide bonds. The van der Waals surface area contributed by atoms with Crippen molar-refractivity contribution in [2.24, 2.45) is 0 Å². The quantitative estimate of drug-likeness (QED) is 0.817. The lowest BCUT2D eigenvalue weighted by atomic mass is 10.3. The van der Waals surface area contributed by atoms with Crippen LogP contribution in [0.2, 0.25) is 0 Å². The molecule has 0 aliphatic heterocycles. The van der Waals surface area contributed by atoms with Crippen LogP contribution in [0.1, 0.15) is 0 Å². The van der Waals surface area contributed by atoms with Gasteiger partial charge in [-0.15, -0.1) is 0 Å². The molecule has 6 heteroatoms. The molecule has 0 unspecified atom stereocenters. The summed E-state index contributed by atoms with van der Waals surface area (Å²) in [6.45, 7) is 0. The minimum absolute atomic E-state index is 0.0970. The zero-order chi connectivity index (χ0) is 13.3. The zero-order valence-corrected chi connectivity index (χ0v) is 9.99. The molecule has 0 saturated heterocycles. The molecule has 2 nitrogen and oxygen atoms in total. The average Bonchev–Trinajstić information content (AvgIpc) is 2.15. The van der Waals surface area contributed by atoms with E-state index in [9.17, 15) is 18.0 Å². The first-order valence-electron chi connectivity index (χ1n) is 4.53. The Morgan fingerprint density at radius 1 is 1.24 bits per heavy atom. The van der Waals surface area contributed by atoms with Gasteiger partial charge in [0.15, 0.2) is 0 Å². The fourth-order valence-electron chi connectivity index (χ4n) is 1.07. The number of carbonyl (C=O) groups is 1. The molecule has 0 aliphatic carbocycles. The predicted octanol–water partition coefficient (Wildman–Crippen LogP) is 2.84. The highest BCUT2D eigenvalue weighted by Crippen LogP contribution is 2.28. The van der Waals surface area contributed by atoms with Gasteiger partial charge in [-0.05, 0) is 35.4 Å². The topological polar surface area (TPSA) is 29.1 Å². The van der Waals surface area contributed by atoms with Crippen molar-refractivity contribution in [2.75, 3.05) is 11.6 Å². The van der Waals surface area contributed by atoms with Gasteiger partial charge in [-0.3, -0.25) is 4.79 Å². The zero-order valence-electron chi connectivity index (χ0n) is 9.17. The van der Waals surface area contributed by atoms with Crippen LogP contribution in [0.25, 0.3) is 0 Å². The van der Waals surface area contributed by atoms with E-state index in [1.165, 1.54) is 12.1 Å². The van der Waals surface area contributed by atoms with Crippen molar-refractivity contribution in [3.63, 3.8) is 0 Å². The average molecular weight is 263 g/mol. The van der Waals surface area contributed by atoms with Gasteiger partial charge < -0.3 is 5.32 Å². The Kier molecular flexibility index (Phi) is 3.56. The highest BCUT2D eigenvalue weighted by Gasteiger charge is 2.38. The normalized spacial score (nSPS) is 12.2. The van der Waals surface area contributed by atoms with Crippen LogP contribution in [0, 0.1) is 0 Å². The molecule has 0 fully saturated rings. The van der Waals surface area contributed by atoms with Crippen molar-refractivity contribution in [1.29, 1.82) is 0 Å². The van der Waals surface area contributed by atoms with Crippen LogP contribution < -0.4 is 5.32 Å². The van der Waals surface area contributed by atoms with Crippen LogP contribution >= 0.6 is 9.21 Å². The van der Waals surface area contributed by atoms with Crippen molar-refractivity contribution in [3.8, 4) is 0 Å². The largest absolute Gasteiger partial charge is 0.471 e. The Hall–Kier alpha value is -1.43. The third-order valence-corrected chi connectivity index (χ3v) is 3.35. The van der Waals surface area contributed by atoms with E-state index in [1.807, 2.05) is 6.26 Å². The lowest BCUT2D eigenvalue weighted by Gasteiger charge is -2.11. The molecule has 0 bridgehead atoms. The van der Waals surface area contributed by atoms with Crippen molar-refractivity contribution in [2.45, 2.75) is 11.1 Å². The number of anilines is 1. The molecule has 0 radical (unpaired) electrons. The highest BCUT2D eigenvalue weighted by atomic mass is 32.2. The van der Waals surface area contributed by atoms with Crippen molar-refractivity contribution in [3.05, 3.63) is 24.3 Å². The van der Waals surface area contributed by atoms with E-state index >= 15 is 0 Å². The van der Waals surface area contributed by atoms with Crippen LogP contribution in [0.4, 0.5) is 18.9 Å². The summed E-state index contributed by atoms with van der Waals surface area (Å²) in [6.07, 6.45) is -3.02. The third kappa shape index (κ3) is 3.81. The predicted molar refractivity (Wildman–Crippen MR) is 67.1 cm³/mol. The number of hydrogen-bond acceptors (Lipinski definition) is 1. The van der Waals surface area contributed by atoms with Gasteiger partial charge in [0.2, 0.25) is 0 Å². The van der Waals surface area contributed by atoms with Crippen LogP contribution in [0.15, 0.2) is 29.2 Å². The number of halogens is 3. The second kappa shape index (κ2) is 4.44. The van der Waals surface area contributed by atoms with Gasteiger partial charge in [0.05, 0.1) is 0 Å². The molecular formula is C11H12F3NOS. The summed E-state index contributed by atoms with van der Waals surface area (Å²) in [5.41, 5.74) is 0.0970. The summed E-state index contributed by atoms with van der Waals surface area (Å²) in [5, 5.41) is 1.77. The van der Waals surface area contributed by atoms with Gasteiger partial charge in [-0.1, -0.05) is 11.7 Å². The van der Waals surface area contributed by atoms with E-state index < -0.39 is 21.3 Å². The number of nitrogens with one attached hydrogen (secondary N) is 1. The van der Waals surface area contributed by atoms with Crippen molar-refractivity contribution >= 4 is 32.5 Å². The molecule has 0 heterocycles. The molecule has 0 atom stereocenters. The molecule has 0 saturated carbocycles. The van der Waals surface area contributed by atoms with Gasteiger partial charge >= 0.3 is 12.1 Å². The van der Waals surface area contributed by atoms with Gasteiger partial charge in [0, 0.05) is 5.69 Å². The van der Waals surface area contributed by atoms with Crippen LogP contribution in [-0.4, -0.2) is 30.1 Å². The maximum Gasteiger partial charge on any atom is 0.471 e. The fourth-order valence-corrected chi connectivity index (χ4v) is 1.86. The Labute approximate surface area is 97.9 Å². The molecule has 17 heavy (non-hydrogen) atoms. The lowest BCUT2D eigenvalue weighted by molar-refractivity contribution is -0.167. The van der Waals surface area contributed by atoms with E-state index in [1.54, 1.807) is 17.4 Å². The van der Waals surface area contributed by atoms with E-state index in [-0.39, 0.29) is 5.69 Å². The standard InChI is InChI=1S/C11H12F3NOS/c1-17(2,3)9-6-4-8(5-7-9)15-10(16)11(12,13)14/h4-7H,1-2H2,3H3,(H,15,16). The molecule has 1 aromatic rings. The number of carbonyl (C=O) groups excluding carboxylic acids is 1. The van der Waals surface area contributed by atoms with E-state index in [0.29, 0.717) is 0 Å². The number of rotatable bonds is 2. The highest BCUT2D eigenvalue weighted by molar-refractivity contribution is 8.27. The minimum atomic E-state index is -4.88.